The SMILES string of the molecule is CCOC(=O)CN1C(=O)C(OCC=CCl)=C1c1ccccc1C(=O)OC. The van der Waals surface area contributed by atoms with E-state index in [0.29, 0.717) is 11.3 Å². The summed E-state index contributed by atoms with van der Waals surface area (Å²) in [6.07, 6.45) is 1.51. The molecule has 1 aliphatic rings. The lowest BCUT2D eigenvalue weighted by molar-refractivity contribution is -0.148. The Bertz CT molecular complexity index is 771. The molecule has 0 spiro atoms. The Labute approximate surface area is 155 Å². The lowest BCUT2D eigenvalue weighted by Gasteiger charge is -2.35. The fourth-order valence-electron chi connectivity index (χ4n) is 2.42. The zero-order valence-corrected chi connectivity index (χ0v) is 15.1. The van der Waals surface area contributed by atoms with Crippen molar-refractivity contribution in [3.8, 4) is 0 Å². The second-order valence-corrected chi connectivity index (χ2v) is 5.34. The lowest BCUT2D eigenvalue weighted by Crippen LogP contribution is -2.45. The molecule has 0 N–H and O–H groups in total. The molecule has 1 aliphatic heterocycles. The van der Waals surface area contributed by atoms with E-state index in [9.17, 15) is 14.4 Å². The van der Waals surface area contributed by atoms with Gasteiger partial charge in [0.15, 0.2) is 0 Å². The molecule has 138 valence electrons. The minimum absolute atomic E-state index is 0.0421. The molecule has 0 saturated heterocycles. The molecule has 0 saturated carbocycles. The van der Waals surface area contributed by atoms with Crippen LogP contribution in [-0.4, -0.2) is 49.6 Å². The highest BCUT2D eigenvalue weighted by Crippen LogP contribution is 2.36. The van der Waals surface area contributed by atoms with Gasteiger partial charge in [-0.25, -0.2) is 4.79 Å². The standard InChI is InChI=1S/C18H18ClNO6/c1-3-25-14(21)11-20-15(16(17(20)22)26-10-6-9-19)12-7-4-5-8-13(12)18(23)24-2/h4-9H,3,10-11H2,1-2H3. The van der Waals surface area contributed by atoms with E-state index >= 15 is 0 Å². The van der Waals surface area contributed by atoms with E-state index in [1.54, 1.807) is 31.2 Å². The largest absolute Gasteiger partial charge is 0.482 e. The van der Waals surface area contributed by atoms with Crippen molar-refractivity contribution in [2.45, 2.75) is 6.92 Å². The Morgan fingerprint density at radius 1 is 1.27 bits per heavy atom. The monoisotopic (exact) mass is 379 g/mol. The molecule has 0 fully saturated rings. The summed E-state index contributed by atoms with van der Waals surface area (Å²) in [5.41, 5.74) is 2.27. The number of benzene rings is 1. The lowest BCUT2D eigenvalue weighted by atomic mass is 9.97. The molecule has 2 rings (SSSR count). The van der Waals surface area contributed by atoms with E-state index in [0.717, 1.165) is 0 Å². The first-order chi connectivity index (χ1) is 12.5. The molecular formula is C18H18ClNO6. The fraction of sp³-hybridized carbons (Fsp3) is 0.278. The van der Waals surface area contributed by atoms with E-state index in [1.807, 2.05) is 0 Å². The van der Waals surface area contributed by atoms with Gasteiger partial charge in [-0.2, -0.15) is 0 Å². The first-order valence-electron chi connectivity index (χ1n) is 7.82. The van der Waals surface area contributed by atoms with Crippen molar-refractivity contribution in [2.24, 2.45) is 0 Å². The van der Waals surface area contributed by atoms with Crippen molar-refractivity contribution in [1.82, 2.24) is 4.90 Å². The minimum atomic E-state index is -0.566. The zero-order valence-electron chi connectivity index (χ0n) is 14.4. The van der Waals surface area contributed by atoms with Gasteiger partial charge in [-0.15, -0.1) is 0 Å². The van der Waals surface area contributed by atoms with Crippen LogP contribution in [0.2, 0.25) is 0 Å². The summed E-state index contributed by atoms with van der Waals surface area (Å²) < 4.78 is 15.1. The first-order valence-corrected chi connectivity index (χ1v) is 8.26. The number of hydrogen-bond donors (Lipinski definition) is 0. The number of hydrogen-bond acceptors (Lipinski definition) is 6. The normalized spacial score (nSPS) is 13.7. The van der Waals surface area contributed by atoms with Gasteiger partial charge >= 0.3 is 11.9 Å². The highest BCUT2D eigenvalue weighted by Gasteiger charge is 2.41. The number of rotatable bonds is 8. The summed E-state index contributed by atoms with van der Waals surface area (Å²) in [4.78, 5) is 37.5. The van der Waals surface area contributed by atoms with Crippen LogP contribution < -0.4 is 0 Å². The number of halogens is 1. The van der Waals surface area contributed by atoms with Crippen molar-refractivity contribution in [3.05, 3.63) is 52.8 Å². The Morgan fingerprint density at radius 2 is 2.00 bits per heavy atom. The number of carbonyl (C=O) groups is 3. The van der Waals surface area contributed by atoms with Crippen LogP contribution in [0.4, 0.5) is 0 Å². The second kappa shape index (κ2) is 9.05. The summed E-state index contributed by atoms with van der Waals surface area (Å²) in [6, 6.07) is 6.59. The first kappa shape index (κ1) is 19.5. The Morgan fingerprint density at radius 3 is 2.65 bits per heavy atom. The van der Waals surface area contributed by atoms with Crippen molar-refractivity contribution < 1.29 is 28.6 Å². The third-order valence-corrected chi connectivity index (χ3v) is 3.70. The van der Waals surface area contributed by atoms with Crippen LogP contribution in [0.5, 0.6) is 0 Å². The van der Waals surface area contributed by atoms with Crippen molar-refractivity contribution in [1.29, 1.82) is 0 Å². The van der Waals surface area contributed by atoms with Crippen LogP contribution in [0.3, 0.4) is 0 Å². The zero-order chi connectivity index (χ0) is 19.1. The van der Waals surface area contributed by atoms with E-state index in [2.05, 4.69) is 0 Å². The molecule has 8 heteroatoms. The number of methoxy groups -OCH3 is 1. The van der Waals surface area contributed by atoms with Crippen molar-refractivity contribution in [3.63, 3.8) is 0 Å². The molecule has 0 bridgehead atoms. The molecule has 1 amide bonds. The molecule has 0 atom stereocenters. The molecular weight excluding hydrogens is 362 g/mol. The number of carbonyl (C=O) groups excluding carboxylic acids is 3. The van der Waals surface area contributed by atoms with E-state index in [1.165, 1.54) is 23.6 Å². The summed E-state index contributed by atoms with van der Waals surface area (Å²) in [5.74, 6) is -1.56. The van der Waals surface area contributed by atoms with Gasteiger partial charge in [0.2, 0.25) is 5.76 Å². The van der Waals surface area contributed by atoms with E-state index in [-0.39, 0.29) is 31.1 Å². The van der Waals surface area contributed by atoms with Crippen LogP contribution in [-0.2, 0) is 23.8 Å². The minimum Gasteiger partial charge on any atom is -0.482 e. The molecule has 7 nitrogen and oxygen atoms in total. The smallest absolute Gasteiger partial charge is 0.338 e. The van der Waals surface area contributed by atoms with Crippen molar-refractivity contribution >= 4 is 35.1 Å². The van der Waals surface area contributed by atoms with Gasteiger partial charge < -0.3 is 14.2 Å². The molecule has 0 unspecified atom stereocenters. The topological polar surface area (TPSA) is 82.1 Å². The van der Waals surface area contributed by atoms with Gasteiger partial charge in [0.05, 0.1) is 19.3 Å². The molecule has 26 heavy (non-hydrogen) atoms. The average molecular weight is 380 g/mol. The quantitative estimate of drug-likeness (QED) is 0.645. The van der Waals surface area contributed by atoms with Gasteiger partial charge in [-0.1, -0.05) is 29.8 Å². The van der Waals surface area contributed by atoms with E-state index in [4.69, 9.17) is 25.8 Å². The third-order valence-electron chi connectivity index (χ3n) is 3.52. The summed E-state index contributed by atoms with van der Waals surface area (Å²) in [7, 11) is 1.26. The predicted octanol–water partition coefficient (Wildman–Crippen LogP) is 2.32. The number of esters is 2. The van der Waals surface area contributed by atoms with Crippen LogP contribution in [0.25, 0.3) is 5.70 Å². The maximum atomic E-state index is 12.4. The summed E-state index contributed by atoms with van der Waals surface area (Å²) >= 11 is 5.46. The Balaban J connectivity index is 2.44. The number of ether oxygens (including phenoxy) is 3. The maximum Gasteiger partial charge on any atom is 0.338 e. The maximum absolute atomic E-state index is 12.4. The van der Waals surface area contributed by atoms with Crippen LogP contribution in [0.15, 0.2) is 41.6 Å². The summed E-state index contributed by atoms with van der Waals surface area (Å²) in [5, 5.41) is 0. The average Bonchev–Trinajstić information content (AvgIpc) is 2.65. The number of nitrogens with zero attached hydrogens (tertiary/aromatic N) is 1. The second-order valence-electron chi connectivity index (χ2n) is 5.08. The molecule has 1 aromatic carbocycles. The predicted molar refractivity (Wildman–Crippen MR) is 94.0 cm³/mol. The van der Waals surface area contributed by atoms with Crippen LogP contribution in [0.1, 0.15) is 22.8 Å². The molecule has 1 heterocycles. The molecule has 0 radical (unpaired) electrons. The van der Waals surface area contributed by atoms with Crippen LogP contribution in [0, 0.1) is 0 Å². The van der Waals surface area contributed by atoms with Gasteiger partial charge in [-0.05, 0) is 19.1 Å². The highest BCUT2D eigenvalue weighted by molar-refractivity contribution is 6.25. The summed E-state index contributed by atoms with van der Waals surface area (Å²) in [6.45, 7) is 1.66. The Kier molecular flexibility index (Phi) is 6.80. The van der Waals surface area contributed by atoms with Gasteiger partial charge in [0, 0.05) is 11.1 Å². The van der Waals surface area contributed by atoms with Gasteiger partial charge in [0.25, 0.3) is 5.91 Å². The molecule has 0 aromatic heterocycles. The molecule has 0 aliphatic carbocycles. The third kappa shape index (κ3) is 4.05. The van der Waals surface area contributed by atoms with E-state index < -0.39 is 17.8 Å². The van der Waals surface area contributed by atoms with Gasteiger partial charge in [0.1, 0.15) is 18.8 Å². The van der Waals surface area contributed by atoms with Crippen LogP contribution >= 0.6 is 11.6 Å². The Hall–Kier alpha value is -2.80. The fourth-order valence-corrected chi connectivity index (χ4v) is 2.50. The van der Waals surface area contributed by atoms with Crippen molar-refractivity contribution in [2.75, 3.05) is 26.9 Å². The molecule has 1 aromatic rings. The van der Waals surface area contributed by atoms with Gasteiger partial charge in [-0.3, -0.25) is 14.5 Å². The highest BCUT2D eigenvalue weighted by atomic mass is 35.5. The number of amides is 1.